The molecule has 0 atom stereocenters. The Hall–Kier alpha value is -1.22. The van der Waals surface area contributed by atoms with Gasteiger partial charge in [0.1, 0.15) is 0 Å². The minimum absolute atomic E-state index is 0. The molecule has 0 radical (unpaired) electrons. The fourth-order valence-corrected chi connectivity index (χ4v) is 3.97. The Kier molecular flexibility index (Phi) is 7.59. The second-order valence-electron chi connectivity index (χ2n) is 4.50. The minimum atomic E-state index is -4.42. The van der Waals surface area contributed by atoms with Gasteiger partial charge in [-0.15, -0.1) is 3.63 Å². The van der Waals surface area contributed by atoms with Crippen LogP contribution in [-0.4, -0.2) is 46.4 Å². The van der Waals surface area contributed by atoms with E-state index < -0.39 is 20.2 Å². The zero-order valence-corrected chi connectivity index (χ0v) is 13.6. The van der Waals surface area contributed by atoms with Gasteiger partial charge in [0.2, 0.25) is 0 Å². The molecule has 0 bridgehead atoms. The molecule has 0 spiro atoms. The van der Waals surface area contributed by atoms with Crippen LogP contribution in [0.1, 0.15) is 11.1 Å². The van der Waals surface area contributed by atoms with E-state index in [9.17, 15) is 16.8 Å². The molecule has 0 aliphatic carbocycles. The van der Waals surface area contributed by atoms with Crippen molar-refractivity contribution in [2.24, 2.45) is 0 Å². The Bertz CT molecular complexity index is 916. The molecular formula is C16H15NaO5S2. The standard InChI is InChI=1S/C16H14O5S2.Na.H/c1-2-14-8-10-16(11-9-14)23(19,20)21-22(17,18)13-12-15-6-4-3-5-7-15;;/h2-13H,1H2;;. The van der Waals surface area contributed by atoms with Gasteiger partial charge in [0.25, 0.3) is 0 Å². The van der Waals surface area contributed by atoms with Crippen molar-refractivity contribution in [3.05, 3.63) is 77.7 Å². The molecule has 0 N–H and O–H groups in total. The van der Waals surface area contributed by atoms with Crippen molar-refractivity contribution in [2.75, 3.05) is 0 Å². The van der Waals surface area contributed by atoms with Crippen LogP contribution in [0.4, 0.5) is 0 Å². The topological polar surface area (TPSA) is 77.5 Å². The van der Waals surface area contributed by atoms with Crippen LogP contribution in [0, 0.1) is 0 Å². The normalized spacial score (nSPS) is 11.8. The van der Waals surface area contributed by atoms with E-state index >= 15 is 0 Å². The van der Waals surface area contributed by atoms with Crippen LogP contribution in [0.15, 0.2) is 71.5 Å². The van der Waals surface area contributed by atoms with Crippen LogP contribution in [0.5, 0.6) is 0 Å². The zero-order chi connectivity index (χ0) is 16.9. The number of hydrogen-bond donors (Lipinski definition) is 0. The van der Waals surface area contributed by atoms with E-state index in [-0.39, 0.29) is 34.5 Å². The Labute approximate surface area is 164 Å². The van der Waals surface area contributed by atoms with Crippen molar-refractivity contribution in [2.45, 2.75) is 4.90 Å². The predicted molar refractivity (Wildman–Crippen MR) is 96.3 cm³/mol. The summed E-state index contributed by atoms with van der Waals surface area (Å²) < 4.78 is 52.0. The monoisotopic (exact) mass is 374 g/mol. The van der Waals surface area contributed by atoms with Crippen LogP contribution < -0.4 is 0 Å². The van der Waals surface area contributed by atoms with E-state index in [0.29, 0.717) is 16.5 Å². The number of rotatable bonds is 6. The molecule has 122 valence electrons. The van der Waals surface area contributed by atoms with Gasteiger partial charge in [0, 0.05) is 0 Å². The van der Waals surface area contributed by atoms with E-state index in [4.69, 9.17) is 0 Å². The predicted octanol–water partition coefficient (Wildman–Crippen LogP) is 2.39. The van der Waals surface area contributed by atoms with Crippen molar-refractivity contribution < 1.29 is 20.5 Å². The summed E-state index contributed by atoms with van der Waals surface area (Å²) in [6.45, 7) is 3.55. The summed E-state index contributed by atoms with van der Waals surface area (Å²) in [6, 6.07) is 14.1. The quantitative estimate of drug-likeness (QED) is 0.726. The molecule has 0 heterocycles. The molecule has 0 saturated carbocycles. The van der Waals surface area contributed by atoms with Crippen LogP contribution in [-0.2, 0) is 23.9 Å². The third kappa shape index (κ3) is 6.01. The van der Waals surface area contributed by atoms with E-state index in [1.807, 2.05) is 0 Å². The van der Waals surface area contributed by atoms with Gasteiger partial charge in [0.05, 0.1) is 10.3 Å². The van der Waals surface area contributed by atoms with E-state index in [2.05, 4.69) is 10.2 Å². The van der Waals surface area contributed by atoms with Crippen LogP contribution in [0.3, 0.4) is 0 Å². The van der Waals surface area contributed by atoms with Crippen molar-refractivity contribution in [1.29, 1.82) is 0 Å². The molecule has 2 aromatic carbocycles. The number of hydrogen-bond acceptors (Lipinski definition) is 5. The Morgan fingerprint density at radius 2 is 1.42 bits per heavy atom. The molecular weight excluding hydrogens is 359 g/mol. The summed E-state index contributed by atoms with van der Waals surface area (Å²) in [5.41, 5.74) is 1.31. The maximum atomic E-state index is 12.0. The molecule has 0 aliphatic rings. The summed E-state index contributed by atoms with van der Waals surface area (Å²) in [4.78, 5) is -0.250. The first-order valence-corrected chi connectivity index (χ1v) is 9.37. The van der Waals surface area contributed by atoms with Gasteiger partial charge in [-0.25, -0.2) is 0 Å². The van der Waals surface area contributed by atoms with Gasteiger partial charge in [-0.05, 0) is 29.3 Å². The van der Waals surface area contributed by atoms with E-state index in [0.717, 1.165) is 0 Å². The zero-order valence-electron chi connectivity index (χ0n) is 12.0. The fraction of sp³-hybridized carbons (Fsp3) is 0. The second-order valence-corrected chi connectivity index (χ2v) is 7.68. The summed E-state index contributed by atoms with van der Waals surface area (Å²) in [5.74, 6) is 0. The van der Waals surface area contributed by atoms with Crippen molar-refractivity contribution in [3.63, 3.8) is 0 Å². The fourth-order valence-electron chi connectivity index (χ4n) is 1.68. The first kappa shape index (κ1) is 20.8. The average molecular weight is 374 g/mol. The molecule has 0 amide bonds. The molecule has 5 nitrogen and oxygen atoms in total. The van der Waals surface area contributed by atoms with Gasteiger partial charge >= 0.3 is 49.8 Å². The Morgan fingerprint density at radius 1 is 0.833 bits per heavy atom. The van der Waals surface area contributed by atoms with Crippen molar-refractivity contribution in [3.8, 4) is 0 Å². The van der Waals surface area contributed by atoms with Gasteiger partial charge in [-0.1, -0.05) is 55.1 Å². The summed E-state index contributed by atoms with van der Waals surface area (Å²) >= 11 is 0. The summed E-state index contributed by atoms with van der Waals surface area (Å²) in [7, 11) is -8.81. The third-order valence-electron chi connectivity index (χ3n) is 2.82. The Morgan fingerprint density at radius 3 is 1.96 bits per heavy atom. The van der Waals surface area contributed by atoms with Gasteiger partial charge in [-0.2, -0.15) is 16.8 Å². The van der Waals surface area contributed by atoms with Crippen molar-refractivity contribution >= 4 is 61.9 Å². The van der Waals surface area contributed by atoms with Crippen LogP contribution in [0.2, 0.25) is 0 Å². The molecule has 24 heavy (non-hydrogen) atoms. The molecule has 2 rings (SSSR count). The van der Waals surface area contributed by atoms with Crippen LogP contribution in [0.25, 0.3) is 12.2 Å². The molecule has 2 aromatic rings. The Balaban J connectivity index is 0.00000288. The molecule has 0 saturated heterocycles. The molecule has 0 aromatic heterocycles. The first-order valence-electron chi connectivity index (χ1n) is 6.49. The van der Waals surface area contributed by atoms with Gasteiger partial charge in [-0.3, -0.25) is 0 Å². The summed E-state index contributed by atoms with van der Waals surface area (Å²) in [6.07, 6.45) is 2.79. The van der Waals surface area contributed by atoms with Gasteiger partial charge < -0.3 is 0 Å². The number of benzene rings is 2. The van der Waals surface area contributed by atoms with Gasteiger partial charge in [0.15, 0.2) is 0 Å². The molecule has 8 heteroatoms. The van der Waals surface area contributed by atoms with Crippen LogP contribution >= 0.6 is 0 Å². The average Bonchev–Trinajstić information content (AvgIpc) is 2.53. The van der Waals surface area contributed by atoms with E-state index in [1.54, 1.807) is 30.3 Å². The first-order chi connectivity index (χ1) is 10.8. The molecule has 0 fully saturated rings. The molecule has 0 aliphatic heterocycles. The maximum absolute atomic E-state index is 12.0. The summed E-state index contributed by atoms with van der Waals surface area (Å²) in [5, 5.41) is 0.706. The second kappa shape index (κ2) is 8.75. The van der Waals surface area contributed by atoms with E-state index in [1.165, 1.54) is 36.4 Å². The SMILES string of the molecule is C=Cc1ccc(S(=O)(=O)OS(=O)(=O)C=Cc2ccccc2)cc1.[NaH]. The third-order valence-corrected chi connectivity index (χ3v) is 5.61. The van der Waals surface area contributed by atoms with Crippen molar-refractivity contribution in [1.82, 2.24) is 0 Å². The molecule has 0 unspecified atom stereocenters.